The van der Waals surface area contributed by atoms with Crippen LogP contribution < -0.4 is 4.74 Å². The lowest BCUT2D eigenvalue weighted by Gasteiger charge is -2.37. The van der Waals surface area contributed by atoms with E-state index >= 15 is 0 Å². The van der Waals surface area contributed by atoms with Gasteiger partial charge in [0.15, 0.2) is 17.3 Å². The Labute approximate surface area is 192 Å². The van der Waals surface area contributed by atoms with Gasteiger partial charge in [0.25, 0.3) is 0 Å². The lowest BCUT2D eigenvalue weighted by Crippen LogP contribution is -2.33. The smallest absolute Gasteiger partial charge is 0.228 e. The Morgan fingerprint density at radius 3 is 2.52 bits per heavy atom. The first-order valence-electron chi connectivity index (χ1n) is 11.3. The molecule has 1 atom stereocenters. The predicted molar refractivity (Wildman–Crippen MR) is 124 cm³/mol. The molecule has 164 valence electrons. The van der Waals surface area contributed by atoms with Gasteiger partial charge in [0.2, 0.25) is 5.88 Å². The Balaban J connectivity index is 1.54. The Morgan fingerprint density at radius 1 is 1.03 bits per heavy atom. The lowest BCUT2D eigenvalue weighted by molar-refractivity contribution is -0.118. The quantitative estimate of drug-likeness (QED) is 0.458. The Hall–Kier alpha value is -3.80. The first-order chi connectivity index (χ1) is 16.0. The Kier molecular flexibility index (Phi) is 4.43. The molecule has 6 rings (SSSR count). The average Bonchev–Trinajstić information content (AvgIpc) is 3.20. The molecular formula is C27H24N4O2. The molecule has 0 saturated carbocycles. The van der Waals surface area contributed by atoms with E-state index in [1.807, 2.05) is 36.4 Å². The maximum atomic E-state index is 13.4. The molecule has 4 aromatic rings. The van der Waals surface area contributed by atoms with Crippen molar-refractivity contribution in [1.82, 2.24) is 19.6 Å². The summed E-state index contributed by atoms with van der Waals surface area (Å²) in [7, 11) is 0. The van der Waals surface area contributed by atoms with E-state index in [-0.39, 0.29) is 17.1 Å². The number of nitrogens with zero attached hydrogens (tertiary/aromatic N) is 4. The van der Waals surface area contributed by atoms with E-state index in [0.29, 0.717) is 36.6 Å². The molecule has 0 fully saturated rings. The molecule has 0 spiro atoms. The summed E-state index contributed by atoms with van der Waals surface area (Å²) in [6.07, 6.45) is 3.47. The monoisotopic (exact) mass is 436 g/mol. The van der Waals surface area contributed by atoms with E-state index in [0.717, 1.165) is 28.0 Å². The summed E-state index contributed by atoms with van der Waals surface area (Å²) in [6, 6.07) is 20.2. The van der Waals surface area contributed by atoms with Gasteiger partial charge < -0.3 is 4.74 Å². The molecule has 6 nitrogen and oxygen atoms in total. The van der Waals surface area contributed by atoms with Crippen molar-refractivity contribution in [3.63, 3.8) is 0 Å². The molecule has 3 heterocycles. The highest BCUT2D eigenvalue weighted by atomic mass is 16.5. The predicted octanol–water partition coefficient (Wildman–Crippen LogP) is 4.88. The first-order valence-corrected chi connectivity index (χ1v) is 11.3. The zero-order chi connectivity index (χ0) is 22.6. The minimum absolute atomic E-state index is 0.131. The summed E-state index contributed by atoms with van der Waals surface area (Å²) in [6.45, 7) is 4.21. The van der Waals surface area contributed by atoms with Gasteiger partial charge in [-0.2, -0.15) is 0 Å². The highest BCUT2D eigenvalue weighted by molar-refractivity contribution is 6.00. The number of Topliss-reactive ketones (excluding diaryl/α,β-unsaturated/α-hetero) is 1. The fraction of sp³-hybridized carbons (Fsp3) is 0.259. The van der Waals surface area contributed by atoms with Crippen LogP contribution in [0.1, 0.15) is 55.1 Å². The van der Waals surface area contributed by atoms with E-state index < -0.39 is 0 Å². The standard InChI is InChI=1S/C27H24N4O2/c1-27(2)14-19(32)23-20(15-27)33-26-24(22(23)18-11-7-4-8-12-18)25-29-21(30-31(25)16-28-26)13-17-9-5-3-6-10-17/h3-12,16,22H,13-15H2,1-2H3/t22-/m0/s1. The molecule has 1 aliphatic carbocycles. The Bertz CT molecular complexity index is 1400. The number of ketones is 1. The topological polar surface area (TPSA) is 69.4 Å². The van der Waals surface area contributed by atoms with Crippen LogP contribution in [0, 0.1) is 5.41 Å². The number of ether oxygens (including phenoxy) is 1. The molecule has 6 heteroatoms. The van der Waals surface area contributed by atoms with Crippen molar-refractivity contribution in [2.75, 3.05) is 0 Å². The van der Waals surface area contributed by atoms with Gasteiger partial charge in [-0.15, -0.1) is 5.10 Å². The number of hydrogen-bond acceptors (Lipinski definition) is 5. The molecule has 33 heavy (non-hydrogen) atoms. The summed E-state index contributed by atoms with van der Waals surface area (Å²) in [5.74, 6) is 1.81. The second kappa shape index (κ2) is 7.37. The molecule has 0 saturated heterocycles. The third kappa shape index (κ3) is 3.42. The molecule has 0 unspecified atom stereocenters. The van der Waals surface area contributed by atoms with Gasteiger partial charge in [-0.25, -0.2) is 14.5 Å². The van der Waals surface area contributed by atoms with Gasteiger partial charge in [0, 0.05) is 30.8 Å². The number of rotatable bonds is 3. The van der Waals surface area contributed by atoms with Crippen LogP contribution in [-0.2, 0) is 11.2 Å². The van der Waals surface area contributed by atoms with Gasteiger partial charge >= 0.3 is 0 Å². The molecule has 2 aromatic carbocycles. The molecular weight excluding hydrogens is 412 g/mol. The maximum absolute atomic E-state index is 13.4. The third-order valence-corrected chi connectivity index (χ3v) is 6.45. The van der Waals surface area contributed by atoms with E-state index in [1.54, 1.807) is 10.8 Å². The van der Waals surface area contributed by atoms with Crippen LogP contribution in [0.15, 0.2) is 78.3 Å². The molecule has 0 N–H and O–H groups in total. The minimum Gasteiger partial charge on any atom is -0.442 e. The van der Waals surface area contributed by atoms with Crippen LogP contribution in [0.25, 0.3) is 5.65 Å². The fourth-order valence-electron chi connectivity index (χ4n) is 5.02. The third-order valence-electron chi connectivity index (χ3n) is 6.45. The van der Waals surface area contributed by atoms with Crippen LogP contribution in [0.3, 0.4) is 0 Å². The number of fused-ring (bicyclic) bond motifs is 3. The van der Waals surface area contributed by atoms with Crippen LogP contribution in [-0.4, -0.2) is 25.4 Å². The van der Waals surface area contributed by atoms with Gasteiger partial charge in [0.1, 0.15) is 12.1 Å². The van der Waals surface area contributed by atoms with E-state index in [9.17, 15) is 4.79 Å². The van der Waals surface area contributed by atoms with E-state index in [2.05, 4.69) is 48.2 Å². The minimum atomic E-state index is -0.279. The fourth-order valence-corrected chi connectivity index (χ4v) is 5.02. The maximum Gasteiger partial charge on any atom is 0.228 e. The van der Waals surface area contributed by atoms with Crippen LogP contribution in [0.2, 0.25) is 0 Å². The molecule has 0 bridgehead atoms. The van der Waals surface area contributed by atoms with Crippen LogP contribution >= 0.6 is 0 Å². The number of hydrogen-bond donors (Lipinski definition) is 0. The SMILES string of the molecule is CC1(C)CC(=O)C2=C(C1)Oc1ncn3nc(Cc4ccccc4)nc3c1[C@H]2c1ccccc1. The largest absolute Gasteiger partial charge is 0.442 e. The zero-order valence-electron chi connectivity index (χ0n) is 18.7. The van der Waals surface area contributed by atoms with Crippen molar-refractivity contribution in [3.8, 4) is 5.88 Å². The molecule has 2 aliphatic rings. The lowest BCUT2D eigenvalue weighted by atomic mass is 9.70. The number of aromatic nitrogens is 4. The Morgan fingerprint density at radius 2 is 1.76 bits per heavy atom. The number of carbonyl (C=O) groups excluding carboxylic acids is 1. The second-order valence-electron chi connectivity index (χ2n) is 9.65. The van der Waals surface area contributed by atoms with Crippen molar-refractivity contribution < 1.29 is 9.53 Å². The summed E-state index contributed by atoms with van der Waals surface area (Å²) < 4.78 is 8.00. The van der Waals surface area contributed by atoms with Gasteiger partial charge in [-0.05, 0) is 16.5 Å². The van der Waals surface area contributed by atoms with E-state index in [1.165, 1.54) is 0 Å². The number of allylic oxidation sites excluding steroid dienone is 2. The molecule has 1 aliphatic heterocycles. The van der Waals surface area contributed by atoms with E-state index in [4.69, 9.17) is 9.72 Å². The first kappa shape index (κ1) is 19.9. The summed E-state index contributed by atoms with van der Waals surface area (Å²) in [4.78, 5) is 22.9. The van der Waals surface area contributed by atoms with Crippen LogP contribution in [0.5, 0.6) is 5.88 Å². The van der Waals surface area contributed by atoms with Crippen LogP contribution in [0.4, 0.5) is 0 Å². The molecule has 0 radical (unpaired) electrons. The van der Waals surface area contributed by atoms with Crippen molar-refractivity contribution in [3.05, 3.63) is 101 Å². The summed E-state index contributed by atoms with van der Waals surface area (Å²) >= 11 is 0. The highest BCUT2D eigenvalue weighted by Gasteiger charge is 2.43. The van der Waals surface area contributed by atoms with Crippen molar-refractivity contribution in [2.45, 2.75) is 39.0 Å². The normalized spacial score (nSPS) is 19.2. The second-order valence-corrected chi connectivity index (χ2v) is 9.65. The van der Waals surface area contributed by atoms with Crippen molar-refractivity contribution >= 4 is 11.4 Å². The molecule has 2 aromatic heterocycles. The summed E-state index contributed by atoms with van der Waals surface area (Å²) in [5, 5.41) is 4.68. The summed E-state index contributed by atoms with van der Waals surface area (Å²) in [5.41, 5.74) is 4.25. The zero-order valence-corrected chi connectivity index (χ0v) is 18.7. The highest BCUT2D eigenvalue weighted by Crippen LogP contribution is 2.50. The van der Waals surface area contributed by atoms with Gasteiger partial charge in [-0.3, -0.25) is 4.79 Å². The molecule has 0 amide bonds. The van der Waals surface area contributed by atoms with Gasteiger partial charge in [0.05, 0.1) is 5.56 Å². The van der Waals surface area contributed by atoms with Crippen molar-refractivity contribution in [1.29, 1.82) is 0 Å². The average molecular weight is 437 g/mol. The number of carbonyl (C=O) groups is 1. The number of benzene rings is 2. The van der Waals surface area contributed by atoms with Crippen molar-refractivity contribution in [2.24, 2.45) is 5.41 Å². The van der Waals surface area contributed by atoms with Gasteiger partial charge in [-0.1, -0.05) is 74.5 Å².